The molecular formula is C8H5N2O3S-. The highest BCUT2D eigenvalue weighted by Gasteiger charge is 2.08. The van der Waals surface area contributed by atoms with Crippen LogP contribution in [0.3, 0.4) is 0 Å². The van der Waals surface area contributed by atoms with E-state index in [4.69, 9.17) is 4.52 Å². The third-order valence-corrected chi connectivity index (χ3v) is 2.43. The van der Waals surface area contributed by atoms with Gasteiger partial charge in [-0.1, -0.05) is 5.16 Å². The maximum atomic E-state index is 10.4. The van der Waals surface area contributed by atoms with Gasteiger partial charge in [-0.2, -0.15) is 0 Å². The number of carboxylic acid groups (broad SMARTS) is 1. The van der Waals surface area contributed by atoms with Crippen molar-refractivity contribution in [2.75, 3.05) is 0 Å². The van der Waals surface area contributed by atoms with Crippen LogP contribution in [-0.2, 0) is 0 Å². The average molecular weight is 209 g/mol. The number of carbonyl (C=O) groups is 1. The zero-order chi connectivity index (χ0) is 10.1. The second kappa shape index (κ2) is 3.22. The molecule has 72 valence electrons. The lowest BCUT2D eigenvalue weighted by Crippen LogP contribution is -2.22. The van der Waals surface area contributed by atoms with Gasteiger partial charge in [0.15, 0.2) is 0 Å². The van der Waals surface area contributed by atoms with Crippen molar-refractivity contribution in [1.29, 1.82) is 0 Å². The van der Waals surface area contributed by atoms with Crippen LogP contribution in [0.5, 0.6) is 0 Å². The maximum Gasteiger partial charge on any atom is 0.146 e. The predicted molar refractivity (Wildman–Crippen MR) is 46.7 cm³/mol. The first kappa shape index (κ1) is 8.89. The molecule has 5 nitrogen and oxygen atoms in total. The van der Waals surface area contributed by atoms with Gasteiger partial charge in [-0.15, -0.1) is 11.3 Å². The van der Waals surface area contributed by atoms with Gasteiger partial charge in [0, 0.05) is 11.4 Å². The molecule has 2 rings (SSSR count). The topological polar surface area (TPSA) is 79.0 Å². The lowest BCUT2D eigenvalue weighted by atomic mass is 10.4. The van der Waals surface area contributed by atoms with Crippen LogP contribution < -0.4 is 5.11 Å². The van der Waals surface area contributed by atoms with E-state index in [-0.39, 0.29) is 5.69 Å². The second-order valence-corrected chi connectivity index (χ2v) is 3.51. The smallest absolute Gasteiger partial charge is 0.146 e. The minimum atomic E-state index is -1.28. The Morgan fingerprint density at radius 2 is 2.43 bits per heavy atom. The van der Waals surface area contributed by atoms with Crippen molar-refractivity contribution in [3.63, 3.8) is 0 Å². The molecule has 0 amide bonds. The Kier molecular flexibility index (Phi) is 2.05. The molecule has 2 heterocycles. The summed E-state index contributed by atoms with van der Waals surface area (Å²) in [5, 5.41) is 16.1. The molecular weight excluding hydrogens is 204 g/mol. The minimum Gasteiger partial charge on any atom is -0.543 e. The molecule has 0 spiro atoms. The van der Waals surface area contributed by atoms with Crippen LogP contribution in [0.25, 0.3) is 10.7 Å². The number of thiazole rings is 1. The molecule has 14 heavy (non-hydrogen) atoms. The normalized spacial score (nSPS) is 10.4. The van der Waals surface area contributed by atoms with E-state index in [1.54, 1.807) is 13.0 Å². The van der Waals surface area contributed by atoms with E-state index in [0.717, 1.165) is 0 Å². The number of aryl methyl sites for hydroxylation is 1. The second-order valence-electron chi connectivity index (χ2n) is 2.65. The summed E-state index contributed by atoms with van der Waals surface area (Å²) in [6.45, 7) is 1.75. The number of hydrogen-bond acceptors (Lipinski definition) is 6. The van der Waals surface area contributed by atoms with Gasteiger partial charge >= 0.3 is 0 Å². The van der Waals surface area contributed by atoms with Crippen molar-refractivity contribution in [3.05, 3.63) is 22.9 Å². The summed E-state index contributed by atoms with van der Waals surface area (Å²) >= 11 is 1.19. The van der Waals surface area contributed by atoms with Gasteiger partial charge in [-0.3, -0.25) is 0 Å². The molecule has 0 saturated carbocycles. The van der Waals surface area contributed by atoms with E-state index < -0.39 is 5.97 Å². The number of nitrogens with zero attached hydrogens (tertiary/aromatic N) is 2. The standard InChI is InChI=1S/C8H6N2O3S/c1-4-2-5(10-13-4)7-9-6(3-14-7)8(11)12/h2-3H,1H3,(H,11,12)/p-1. The Morgan fingerprint density at radius 1 is 1.64 bits per heavy atom. The zero-order valence-corrected chi connectivity index (χ0v) is 8.00. The quantitative estimate of drug-likeness (QED) is 0.718. The maximum absolute atomic E-state index is 10.4. The molecule has 0 aromatic carbocycles. The lowest BCUT2D eigenvalue weighted by molar-refractivity contribution is -0.255. The SMILES string of the molecule is Cc1cc(-c2nc(C(=O)[O-])cs2)no1. The van der Waals surface area contributed by atoms with Crippen molar-refractivity contribution in [1.82, 2.24) is 10.1 Å². The molecule has 0 aliphatic carbocycles. The highest BCUT2D eigenvalue weighted by atomic mass is 32.1. The summed E-state index contributed by atoms with van der Waals surface area (Å²) in [5.74, 6) is -0.627. The predicted octanol–water partition coefficient (Wildman–Crippen LogP) is 0.470. The number of aromatic nitrogens is 2. The van der Waals surface area contributed by atoms with Gasteiger partial charge in [0.05, 0.1) is 11.7 Å². The van der Waals surface area contributed by atoms with E-state index in [2.05, 4.69) is 10.1 Å². The molecule has 0 N–H and O–H groups in total. The first-order valence-corrected chi connectivity index (χ1v) is 4.65. The number of carboxylic acids is 1. The monoisotopic (exact) mass is 209 g/mol. The molecule has 0 aliphatic rings. The molecule has 0 radical (unpaired) electrons. The van der Waals surface area contributed by atoms with Crippen LogP contribution in [-0.4, -0.2) is 16.1 Å². The van der Waals surface area contributed by atoms with E-state index in [1.165, 1.54) is 16.7 Å². The summed E-state index contributed by atoms with van der Waals surface area (Å²) in [6.07, 6.45) is 0. The van der Waals surface area contributed by atoms with Crippen LogP contribution in [0.15, 0.2) is 16.0 Å². The molecule has 2 aromatic rings. The number of aromatic carboxylic acids is 1. The lowest BCUT2D eigenvalue weighted by Gasteiger charge is -1.92. The Balaban J connectivity index is 2.38. The molecule has 6 heteroatoms. The summed E-state index contributed by atoms with van der Waals surface area (Å²) in [4.78, 5) is 14.3. The van der Waals surface area contributed by atoms with Crippen molar-refractivity contribution in [2.45, 2.75) is 6.92 Å². The molecule has 0 unspecified atom stereocenters. The number of carbonyl (C=O) groups excluding carboxylic acids is 1. The highest BCUT2D eigenvalue weighted by Crippen LogP contribution is 2.22. The van der Waals surface area contributed by atoms with E-state index >= 15 is 0 Å². The number of hydrogen-bond donors (Lipinski definition) is 0. The van der Waals surface area contributed by atoms with Crippen molar-refractivity contribution < 1.29 is 14.4 Å². The molecule has 0 aliphatic heterocycles. The summed E-state index contributed by atoms with van der Waals surface area (Å²) in [5.41, 5.74) is 0.464. The molecule has 0 atom stereocenters. The van der Waals surface area contributed by atoms with E-state index in [1.807, 2.05) is 0 Å². The van der Waals surface area contributed by atoms with Crippen molar-refractivity contribution in [3.8, 4) is 10.7 Å². The van der Waals surface area contributed by atoms with Gasteiger partial charge in [0.25, 0.3) is 0 Å². The summed E-state index contributed by atoms with van der Waals surface area (Å²) in [6, 6.07) is 1.69. The van der Waals surface area contributed by atoms with Crippen LogP contribution in [0.2, 0.25) is 0 Å². The van der Waals surface area contributed by atoms with E-state index in [9.17, 15) is 9.90 Å². The fourth-order valence-electron chi connectivity index (χ4n) is 0.952. The van der Waals surface area contributed by atoms with Gasteiger partial charge in [-0.05, 0) is 6.92 Å². The molecule has 0 fully saturated rings. The van der Waals surface area contributed by atoms with E-state index in [0.29, 0.717) is 16.5 Å². The summed E-state index contributed by atoms with van der Waals surface area (Å²) in [7, 11) is 0. The largest absolute Gasteiger partial charge is 0.543 e. The fourth-order valence-corrected chi connectivity index (χ4v) is 1.69. The average Bonchev–Trinajstić information content (AvgIpc) is 2.70. The first-order valence-electron chi connectivity index (χ1n) is 3.77. The van der Waals surface area contributed by atoms with Crippen LogP contribution in [0, 0.1) is 6.92 Å². The van der Waals surface area contributed by atoms with Crippen molar-refractivity contribution >= 4 is 17.3 Å². The Hall–Kier alpha value is -1.69. The molecule has 0 bridgehead atoms. The third-order valence-electron chi connectivity index (χ3n) is 1.56. The minimum absolute atomic E-state index is 0.0781. The number of rotatable bonds is 2. The third kappa shape index (κ3) is 1.51. The van der Waals surface area contributed by atoms with Gasteiger partial charge in [0.2, 0.25) is 0 Å². The van der Waals surface area contributed by atoms with Crippen LogP contribution in [0.1, 0.15) is 16.2 Å². The Bertz CT molecular complexity index is 474. The van der Waals surface area contributed by atoms with Crippen LogP contribution in [0.4, 0.5) is 0 Å². The molecule has 0 saturated heterocycles. The Morgan fingerprint density at radius 3 is 2.93 bits per heavy atom. The van der Waals surface area contributed by atoms with Gasteiger partial charge < -0.3 is 14.4 Å². The van der Waals surface area contributed by atoms with Crippen LogP contribution >= 0.6 is 11.3 Å². The van der Waals surface area contributed by atoms with Crippen molar-refractivity contribution in [2.24, 2.45) is 0 Å². The summed E-state index contributed by atoms with van der Waals surface area (Å²) < 4.78 is 4.84. The first-order chi connectivity index (χ1) is 6.66. The Labute approximate surface area is 83.0 Å². The zero-order valence-electron chi connectivity index (χ0n) is 7.18. The van der Waals surface area contributed by atoms with Gasteiger partial charge in [-0.25, -0.2) is 4.98 Å². The highest BCUT2D eigenvalue weighted by molar-refractivity contribution is 7.13. The van der Waals surface area contributed by atoms with Gasteiger partial charge in [0.1, 0.15) is 16.5 Å². The fraction of sp³-hybridized carbons (Fsp3) is 0.125. The molecule has 2 aromatic heterocycles.